The van der Waals surface area contributed by atoms with Crippen LogP contribution in [0.3, 0.4) is 0 Å². The molecule has 0 unspecified atom stereocenters. The van der Waals surface area contributed by atoms with Crippen LogP contribution >= 0.6 is 0 Å². The molecule has 130 valence electrons. The van der Waals surface area contributed by atoms with Crippen molar-refractivity contribution in [2.45, 2.75) is 13.8 Å². The number of benzene rings is 3. The zero-order chi connectivity index (χ0) is 18.4. The molecule has 5 rings (SSSR count). The predicted molar refractivity (Wildman–Crippen MR) is 109 cm³/mol. The standard InChI is InChI=1S/C23H18N4/c1-15-7-11-17(12-8-15)22-26-21-23(25-20-6-4-3-5-19(20)24-21)27(22)18-13-9-16(2)10-14-18/h3-14H,1-2H3. The minimum atomic E-state index is 0.657. The molecule has 0 fully saturated rings. The SMILES string of the molecule is Cc1ccc(-c2nc3nc4ccccc4nc3n2-c2ccc(C)cc2)cc1. The molecule has 0 N–H and O–H groups in total. The van der Waals surface area contributed by atoms with Gasteiger partial charge in [0, 0.05) is 11.3 Å². The number of rotatable bonds is 2. The van der Waals surface area contributed by atoms with Crippen molar-refractivity contribution in [1.29, 1.82) is 0 Å². The average Bonchev–Trinajstić information content (AvgIpc) is 3.05. The second-order valence-electron chi connectivity index (χ2n) is 6.83. The smallest absolute Gasteiger partial charge is 0.199 e. The monoisotopic (exact) mass is 350 g/mol. The molecule has 0 saturated heterocycles. The van der Waals surface area contributed by atoms with Crippen LogP contribution in [-0.2, 0) is 0 Å². The number of aromatic nitrogens is 4. The zero-order valence-electron chi connectivity index (χ0n) is 15.2. The van der Waals surface area contributed by atoms with E-state index in [9.17, 15) is 0 Å². The molecular formula is C23H18N4. The molecule has 3 aromatic carbocycles. The highest BCUT2D eigenvalue weighted by Crippen LogP contribution is 2.28. The Kier molecular flexibility index (Phi) is 3.50. The third kappa shape index (κ3) is 2.66. The largest absolute Gasteiger partial charge is 0.275 e. The van der Waals surface area contributed by atoms with Gasteiger partial charge in [0.2, 0.25) is 0 Å². The van der Waals surface area contributed by atoms with Gasteiger partial charge in [-0.25, -0.2) is 15.0 Å². The lowest BCUT2D eigenvalue weighted by Gasteiger charge is -2.09. The third-order valence-electron chi connectivity index (χ3n) is 4.77. The fraction of sp³-hybridized carbons (Fsp3) is 0.0870. The number of nitrogens with zero attached hydrogens (tertiary/aromatic N) is 4. The summed E-state index contributed by atoms with van der Waals surface area (Å²) < 4.78 is 2.10. The summed E-state index contributed by atoms with van der Waals surface area (Å²) in [5.41, 5.74) is 7.67. The van der Waals surface area contributed by atoms with Crippen LogP contribution in [-0.4, -0.2) is 19.5 Å². The van der Waals surface area contributed by atoms with Gasteiger partial charge in [0.05, 0.1) is 11.0 Å². The van der Waals surface area contributed by atoms with Crippen LogP contribution in [0.2, 0.25) is 0 Å². The first kappa shape index (κ1) is 15.7. The van der Waals surface area contributed by atoms with Gasteiger partial charge < -0.3 is 0 Å². The summed E-state index contributed by atoms with van der Waals surface area (Å²) in [4.78, 5) is 14.5. The van der Waals surface area contributed by atoms with Crippen molar-refractivity contribution in [2.75, 3.05) is 0 Å². The first-order valence-electron chi connectivity index (χ1n) is 8.98. The minimum Gasteiger partial charge on any atom is -0.275 e. The molecule has 0 aliphatic carbocycles. The van der Waals surface area contributed by atoms with Crippen molar-refractivity contribution in [3.63, 3.8) is 0 Å². The quantitative estimate of drug-likeness (QED) is 0.436. The molecule has 0 bridgehead atoms. The van der Waals surface area contributed by atoms with Crippen molar-refractivity contribution >= 4 is 22.3 Å². The van der Waals surface area contributed by atoms with Crippen molar-refractivity contribution in [3.8, 4) is 17.1 Å². The van der Waals surface area contributed by atoms with E-state index in [1.165, 1.54) is 11.1 Å². The molecule has 0 saturated carbocycles. The Morgan fingerprint density at radius 1 is 0.630 bits per heavy atom. The maximum Gasteiger partial charge on any atom is 0.199 e. The summed E-state index contributed by atoms with van der Waals surface area (Å²) in [6, 6.07) is 24.7. The molecule has 4 heteroatoms. The van der Waals surface area contributed by atoms with Gasteiger partial charge >= 0.3 is 0 Å². The number of fused-ring (bicyclic) bond motifs is 2. The van der Waals surface area contributed by atoms with E-state index < -0.39 is 0 Å². The number of para-hydroxylation sites is 2. The topological polar surface area (TPSA) is 43.6 Å². The maximum atomic E-state index is 4.88. The lowest BCUT2D eigenvalue weighted by Crippen LogP contribution is -1.99. The molecule has 0 spiro atoms. The molecule has 2 heterocycles. The fourth-order valence-corrected chi connectivity index (χ4v) is 3.29. The first-order valence-corrected chi connectivity index (χ1v) is 8.98. The van der Waals surface area contributed by atoms with Crippen LogP contribution in [0.5, 0.6) is 0 Å². The third-order valence-corrected chi connectivity index (χ3v) is 4.77. The Morgan fingerprint density at radius 3 is 1.89 bits per heavy atom. The Morgan fingerprint density at radius 2 is 1.22 bits per heavy atom. The molecule has 0 aliphatic rings. The van der Waals surface area contributed by atoms with Gasteiger partial charge in [0.15, 0.2) is 11.3 Å². The Bertz CT molecular complexity index is 1270. The van der Waals surface area contributed by atoms with Crippen LogP contribution in [0.15, 0.2) is 72.8 Å². The molecule has 0 amide bonds. The molecule has 5 aromatic rings. The van der Waals surface area contributed by atoms with Crippen LogP contribution in [0.4, 0.5) is 0 Å². The first-order chi connectivity index (χ1) is 13.2. The molecule has 2 aromatic heterocycles. The molecule has 0 radical (unpaired) electrons. The lowest BCUT2D eigenvalue weighted by molar-refractivity contribution is 1.08. The molecule has 0 atom stereocenters. The van der Waals surface area contributed by atoms with Gasteiger partial charge in [-0.15, -0.1) is 0 Å². The van der Waals surface area contributed by atoms with E-state index in [0.717, 1.165) is 33.8 Å². The number of hydrogen-bond donors (Lipinski definition) is 0. The normalized spacial score (nSPS) is 11.3. The summed E-state index contributed by atoms with van der Waals surface area (Å²) in [7, 11) is 0. The second kappa shape index (κ2) is 6.02. The fourth-order valence-electron chi connectivity index (χ4n) is 3.29. The highest BCUT2D eigenvalue weighted by molar-refractivity contribution is 5.86. The van der Waals surface area contributed by atoms with Crippen molar-refractivity contribution < 1.29 is 0 Å². The van der Waals surface area contributed by atoms with Gasteiger partial charge in [0.25, 0.3) is 0 Å². The summed E-state index contributed by atoms with van der Waals surface area (Å²) in [5, 5.41) is 0. The maximum absolute atomic E-state index is 4.88. The Labute approximate surface area is 157 Å². The Balaban J connectivity index is 1.86. The van der Waals surface area contributed by atoms with Gasteiger partial charge in [-0.05, 0) is 38.1 Å². The summed E-state index contributed by atoms with van der Waals surface area (Å²) in [6.07, 6.45) is 0. The number of aryl methyl sites for hydroxylation is 2. The van der Waals surface area contributed by atoms with E-state index in [2.05, 4.69) is 66.9 Å². The van der Waals surface area contributed by atoms with E-state index in [0.29, 0.717) is 5.65 Å². The molecular weight excluding hydrogens is 332 g/mol. The highest BCUT2D eigenvalue weighted by atomic mass is 15.2. The van der Waals surface area contributed by atoms with E-state index in [1.807, 2.05) is 24.3 Å². The van der Waals surface area contributed by atoms with Crippen LogP contribution < -0.4 is 0 Å². The number of imidazole rings is 1. The van der Waals surface area contributed by atoms with E-state index in [1.54, 1.807) is 0 Å². The molecule has 4 nitrogen and oxygen atoms in total. The predicted octanol–water partition coefficient (Wildman–Crippen LogP) is 5.25. The second-order valence-corrected chi connectivity index (χ2v) is 6.83. The number of hydrogen-bond acceptors (Lipinski definition) is 3. The van der Waals surface area contributed by atoms with Crippen molar-refractivity contribution in [2.24, 2.45) is 0 Å². The van der Waals surface area contributed by atoms with E-state index in [-0.39, 0.29) is 0 Å². The summed E-state index contributed by atoms with van der Waals surface area (Å²) >= 11 is 0. The molecule has 27 heavy (non-hydrogen) atoms. The van der Waals surface area contributed by atoms with Crippen LogP contribution in [0, 0.1) is 13.8 Å². The van der Waals surface area contributed by atoms with Crippen LogP contribution in [0.1, 0.15) is 11.1 Å². The van der Waals surface area contributed by atoms with Gasteiger partial charge in [0.1, 0.15) is 5.82 Å². The highest BCUT2D eigenvalue weighted by Gasteiger charge is 2.17. The van der Waals surface area contributed by atoms with Gasteiger partial charge in [-0.1, -0.05) is 59.7 Å². The Hall–Kier alpha value is -3.53. The minimum absolute atomic E-state index is 0.657. The van der Waals surface area contributed by atoms with Crippen molar-refractivity contribution in [3.05, 3.63) is 83.9 Å². The lowest BCUT2D eigenvalue weighted by atomic mass is 10.1. The molecule has 0 aliphatic heterocycles. The van der Waals surface area contributed by atoms with E-state index in [4.69, 9.17) is 15.0 Å². The van der Waals surface area contributed by atoms with Gasteiger partial charge in [-0.3, -0.25) is 4.57 Å². The van der Waals surface area contributed by atoms with Crippen molar-refractivity contribution in [1.82, 2.24) is 19.5 Å². The van der Waals surface area contributed by atoms with Crippen LogP contribution in [0.25, 0.3) is 39.4 Å². The van der Waals surface area contributed by atoms with Gasteiger partial charge in [-0.2, -0.15) is 0 Å². The zero-order valence-corrected chi connectivity index (χ0v) is 15.2. The summed E-state index contributed by atoms with van der Waals surface area (Å²) in [5.74, 6) is 0.851. The van der Waals surface area contributed by atoms with E-state index >= 15 is 0 Å². The average molecular weight is 350 g/mol. The summed E-state index contributed by atoms with van der Waals surface area (Å²) in [6.45, 7) is 4.17.